The first-order valence-electron chi connectivity index (χ1n) is 9.66. The average Bonchev–Trinajstić information content (AvgIpc) is 2.75. The average molecular weight is 437 g/mol. The van der Waals surface area contributed by atoms with E-state index in [0.29, 0.717) is 17.2 Å². The Morgan fingerprint density at radius 2 is 1.77 bits per heavy atom. The van der Waals surface area contributed by atoms with E-state index >= 15 is 0 Å². The zero-order valence-corrected chi connectivity index (χ0v) is 17.8. The molecule has 1 heterocycles. The lowest BCUT2D eigenvalue weighted by molar-refractivity contribution is -0.138. The molecule has 3 N–H and O–H groups in total. The fourth-order valence-corrected chi connectivity index (χ4v) is 4.72. The van der Waals surface area contributed by atoms with Gasteiger partial charge in [-0.05, 0) is 52.8 Å². The molecule has 0 saturated carbocycles. The van der Waals surface area contributed by atoms with Crippen molar-refractivity contribution in [3.05, 3.63) is 77.3 Å². The van der Waals surface area contributed by atoms with Gasteiger partial charge < -0.3 is 10.8 Å². The largest absolute Gasteiger partial charge is 0.480 e. The lowest BCUT2D eigenvalue weighted by Gasteiger charge is -2.12. The topological polar surface area (TPSA) is 76.2 Å². The molecule has 0 unspecified atom stereocenters. The second kappa shape index (κ2) is 9.04. The van der Waals surface area contributed by atoms with E-state index < -0.39 is 12.0 Å². The zero-order chi connectivity index (χ0) is 21.1. The van der Waals surface area contributed by atoms with Crippen LogP contribution in [0.15, 0.2) is 66.7 Å². The van der Waals surface area contributed by atoms with Crippen LogP contribution >= 0.6 is 23.4 Å². The van der Waals surface area contributed by atoms with Gasteiger partial charge in [-0.2, -0.15) is 11.8 Å². The highest BCUT2D eigenvalue weighted by Crippen LogP contribution is 2.34. The van der Waals surface area contributed by atoms with Gasteiger partial charge in [-0.25, -0.2) is 4.98 Å². The first-order chi connectivity index (χ1) is 14.5. The Morgan fingerprint density at radius 3 is 2.53 bits per heavy atom. The molecule has 4 aromatic rings. The van der Waals surface area contributed by atoms with Crippen LogP contribution in [0.4, 0.5) is 0 Å². The van der Waals surface area contributed by atoms with E-state index in [1.165, 1.54) is 0 Å². The van der Waals surface area contributed by atoms with E-state index in [-0.39, 0.29) is 0 Å². The molecule has 0 bridgehead atoms. The number of hydrogen-bond donors (Lipinski definition) is 2. The summed E-state index contributed by atoms with van der Waals surface area (Å²) in [7, 11) is 0. The Hall–Kier alpha value is -2.60. The van der Waals surface area contributed by atoms with E-state index in [9.17, 15) is 4.79 Å². The summed E-state index contributed by atoms with van der Waals surface area (Å²) < 4.78 is 0. The highest BCUT2D eigenvalue weighted by atomic mass is 35.5. The molecular weight excluding hydrogens is 416 g/mol. The fourth-order valence-electron chi connectivity index (χ4n) is 3.43. The molecule has 0 aliphatic carbocycles. The van der Waals surface area contributed by atoms with Gasteiger partial charge in [0.2, 0.25) is 0 Å². The predicted octanol–water partition coefficient (Wildman–Crippen LogP) is 5.74. The molecular formula is C24H21ClN2O2S. The number of nitrogens with zero attached hydrogens (tertiary/aromatic N) is 1. The van der Waals surface area contributed by atoms with Crippen molar-refractivity contribution in [1.82, 2.24) is 4.98 Å². The minimum atomic E-state index is -0.960. The summed E-state index contributed by atoms with van der Waals surface area (Å²) >= 11 is 8.29. The molecule has 3 aromatic carbocycles. The van der Waals surface area contributed by atoms with Crippen molar-refractivity contribution in [3.63, 3.8) is 0 Å². The molecule has 0 aliphatic rings. The monoisotopic (exact) mass is 436 g/mol. The second-order valence-electron chi connectivity index (χ2n) is 7.15. The van der Waals surface area contributed by atoms with E-state index in [1.54, 1.807) is 11.8 Å². The van der Waals surface area contributed by atoms with Crippen molar-refractivity contribution < 1.29 is 9.90 Å². The number of pyridine rings is 1. The predicted molar refractivity (Wildman–Crippen MR) is 126 cm³/mol. The number of carbonyl (C=O) groups is 1. The first-order valence-corrected chi connectivity index (χ1v) is 11.2. The number of rotatable bonds is 7. The normalized spacial score (nSPS) is 12.3. The number of halogens is 1. The Balaban J connectivity index is 1.68. The van der Waals surface area contributed by atoms with Gasteiger partial charge in [0.05, 0.1) is 16.2 Å². The van der Waals surface area contributed by atoms with Crippen LogP contribution in [0, 0.1) is 0 Å². The van der Waals surface area contributed by atoms with Crippen LogP contribution in [-0.2, 0) is 10.5 Å². The van der Waals surface area contributed by atoms with E-state index in [1.807, 2.05) is 42.5 Å². The minimum Gasteiger partial charge on any atom is -0.480 e. The van der Waals surface area contributed by atoms with Crippen molar-refractivity contribution in [3.8, 4) is 11.3 Å². The van der Waals surface area contributed by atoms with E-state index in [4.69, 9.17) is 27.4 Å². The Kier molecular flexibility index (Phi) is 6.23. The van der Waals surface area contributed by atoms with Crippen LogP contribution in [0.5, 0.6) is 0 Å². The van der Waals surface area contributed by atoms with Crippen molar-refractivity contribution >= 4 is 51.0 Å². The van der Waals surface area contributed by atoms with Crippen LogP contribution in [0.1, 0.15) is 12.0 Å². The maximum absolute atomic E-state index is 10.9. The van der Waals surface area contributed by atoms with E-state index in [0.717, 1.165) is 44.2 Å². The summed E-state index contributed by atoms with van der Waals surface area (Å²) in [6.45, 7) is 0. The number of thioether (sulfide) groups is 1. The zero-order valence-electron chi connectivity index (χ0n) is 16.2. The molecule has 6 heteroatoms. The van der Waals surface area contributed by atoms with Crippen molar-refractivity contribution in [2.45, 2.75) is 18.2 Å². The minimum absolute atomic E-state index is 0.437. The molecule has 152 valence electrons. The molecule has 0 radical (unpaired) electrons. The number of hydrogen-bond acceptors (Lipinski definition) is 4. The number of benzene rings is 3. The molecule has 4 nitrogen and oxygen atoms in total. The fraction of sp³-hybridized carbons (Fsp3) is 0.167. The van der Waals surface area contributed by atoms with Crippen molar-refractivity contribution in [1.29, 1.82) is 0 Å². The molecule has 1 atom stereocenters. The summed E-state index contributed by atoms with van der Waals surface area (Å²) in [5.74, 6) is 0.460. The first kappa shape index (κ1) is 20.7. The van der Waals surface area contributed by atoms with Crippen LogP contribution in [-0.4, -0.2) is 27.9 Å². The molecule has 4 rings (SSSR count). The van der Waals surface area contributed by atoms with Gasteiger partial charge in [-0.3, -0.25) is 4.79 Å². The third kappa shape index (κ3) is 4.43. The molecule has 0 fully saturated rings. The SMILES string of the molecule is N[C@@H](CCSCc1cc(-c2cc3ccccc3cc2Cl)nc2ccccc12)C(=O)O. The van der Waals surface area contributed by atoms with Gasteiger partial charge in [0, 0.05) is 16.7 Å². The summed E-state index contributed by atoms with van der Waals surface area (Å²) in [5, 5.41) is 12.9. The number of carboxylic acid groups (broad SMARTS) is 1. The van der Waals surface area contributed by atoms with Crippen molar-refractivity contribution in [2.75, 3.05) is 5.75 Å². The Labute approximate surface area is 184 Å². The standard InChI is InChI=1S/C24H21ClN2O2S/c25-20-12-16-6-2-1-5-15(16)11-19(20)23-13-17(14-30-10-9-21(26)24(28)29)18-7-3-4-8-22(18)27-23/h1-8,11-13,21H,9-10,14,26H2,(H,28,29)/t21-/m0/s1. The van der Waals surface area contributed by atoms with Gasteiger partial charge >= 0.3 is 5.97 Å². The smallest absolute Gasteiger partial charge is 0.320 e. The summed E-state index contributed by atoms with van der Waals surface area (Å²) in [4.78, 5) is 15.8. The third-order valence-corrected chi connectivity index (χ3v) is 6.41. The lowest BCUT2D eigenvalue weighted by atomic mass is 10.0. The van der Waals surface area contributed by atoms with Gasteiger partial charge in [0.25, 0.3) is 0 Å². The number of para-hydroxylation sites is 1. The second-order valence-corrected chi connectivity index (χ2v) is 8.66. The summed E-state index contributed by atoms with van der Waals surface area (Å²) in [6, 6.07) is 21.5. The number of carboxylic acids is 1. The van der Waals surface area contributed by atoms with Gasteiger partial charge in [0.1, 0.15) is 6.04 Å². The van der Waals surface area contributed by atoms with Crippen LogP contribution < -0.4 is 5.73 Å². The molecule has 0 spiro atoms. The number of aromatic nitrogens is 1. The Bertz CT molecular complexity index is 1230. The lowest BCUT2D eigenvalue weighted by Crippen LogP contribution is -2.30. The van der Waals surface area contributed by atoms with Crippen LogP contribution in [0.3, 0.4) is 0 Å². The quantitative estimate of drug-likeness (QED) is 0.361. The van der Waals surface area contributed by atoms with E-state index in [2.05, 4.69) is 24.3 Å². The molecule has 30 heavy (non-hydrogen) atoms. The number of fused-ring (bicyclic) bond motifs is 2. The third-order valence-electron chi connectivity index (χ3n) is 5.06. The van der Waals surface area contributed by atoms with Crippen LogP contribution in [0.25, 0.3) is 32.9 Å². The van der Waals surface area contributed by atoms with Crippen molar-refractivity contribution in [2.24, 2.45) is 5.73 Å². The number of aliphatic carboxylic acids is 1. The summed E-state index contributed by atoms with van der Waals surface area (Å²) in [6.07, 6.45) is 0.437. The highest BCUT2D eigenvalue weighted by molar-refractivity contribution is 7.98. The van der Waals surface area contributed by atoms with Gasteiger partial charge in [-0.15, -0.1) is 0 Å². The van der Waals surface area contributed by atoms with Gasteiger partial charge in [0.15, 0.2) is 0 Å². The Morgan fingerprint density at radius 1 is 1.07 bits per heavy atom. The molecule has 1 aromatic heterocycles. The molecule has 0 amide bonds. The number of nitrogens with two attached hydrogens (primary N) is 1. The maximum Gasteiger partial charge on any atom is 0.320 e. The molecule has 0 saturated heterocycles. The maximum atomic E-state index is 10.9. The molecule has 0 aliphatic heterocycles. The van der Waals surface area contributed by atoms with Crippen LogP contribution in [0.2, 0.25) is 5.02 Å². The highest BCUT2D eigenvalue weighted by Gasteiger charge is 2.13. The summed E-state index contributed by atoms with van der Waals surface area (Å²) in [5.41, 5.74) is 9.41. The van der Waals surface area contributed by atoms with Gasteiger partial charge in [-0.1, -0.05) is 54.1 Å².